The van der Waals surface area contributed by atoms with Crippen molar-refractivity contribution in [3.05, 3.63) is 65.2 Å². The Kier molecular flexibility index (Phi) is 5.88. The van der Waals surface area contributed by atoms with Crippen molar-refractivity contribution in [2.24, 2.45) is 0 Å². The molecule has 0 aromatic heterocycles. The lowest BCUT2D eigenvalue weighted by Crippen LogP contribution is -2.37. The van der Waals surface area contributed by atoms with Crippen LogP contribution >= 0.6 is 0 Å². The molecule has 1 aliphatic heterocycles. The van der Waals surface area contributed by atoms with E-state index in [0.29, 0.717) is 30.6 Å². The van der Waals surface area contributed by atoms with Gasteiger partial charge in [0.05, 0.1) is 11.5 Å². The minimum Gasteiger partial charge on any atom is -0.283 e. The molecule has 0 aliphatic carbocycles. The average molecular weight is 409 g/mol. The molecular weight excluding hydrogens is 384 g/mol. The molecule has 2 aromatic carbocycles. The van der Waals surface area contributed by atoms with E-state index in [0.717, 1.165) is 11.1 Å². The molecule has 1 N–H and O–H groups in total. The Labute approximate surface area is 161 Å². The Morgan fingerprint density at radius 1 is 1.00 bits per heavy atom. The lowest BCUT2D eigenvalue weighted by molar-refractivity contribution is 0.391. The van der Waals surface area contributed by atoms with Crippen LogP contribution in [0, 0.1) is 0 Å². The van der Waals surface area contributed by atoms with Gasteiger partial charge in [-0.25, -0.2) is 16.8 Å². The van der Waals surface area contributed by atoms with Crippen molar-refractivity contribution in [3.8, 4) is 0 Å². The molecule has 8 heteroatoms. The molecule has 0 spiro atoms. The van der Waals surface area contributed by atoms with Crippen LogP contribution in [0.25, 0.3) is 0 Å². The third-order valence-corrected chi connectivity index (χ3v) is 7.79. The minimum absolute atomic E-state index is 0.109. The maximum Gasteiger partial charge on any atom is 0.236 e. The molecule has 1 aliphatic rings. The predicted octanol–water partition coefficient (Wildman–Crippen LogP) is 2.73. The van der Waals surface area contributed by atoms with Crippen molar-refractivity contribution in [1.29, 1.82) is 0 Å². The zero-order valence-corrected chi connectivity index (χ0v) is 16.9. The van der Waals surface area contributed by atoms with Crippen molar-refractivity contribution in [3.63, 3.8) is 0 Å². The highest BCUT2D eigenvalue weighted by Gasteiger charge is 2.26. The van der Waals surface area contributed by atoms with E-state index < -0.39 is 20.0 Å². The maximum absolute atomic E-state index is 12.4. The highest BCUT2D eigenvalue weighted by molar-refractivity contribution is 7.91. The second-order valence-corrected chi connectivity index (χ2v) is 10.5. The lowest BCUT2D eigenvalue weighted by atomic mass is 10.0. The number of rotatable bonds is 7. The molecule has 146 valence electrons. The molecule has 0 amide bonds. The molecule has 1 heterocycles. The summed E-state index contributed by atoms with van der Waals surface area (Å²) in [6, 6.07) is 14.3. The Hall–Kier alpha value is -1.90. The van der Waals surface area contributed by atoms with Crippen LogP contribution in [0.4, 0.5) is 5.69 Å². The largest absolute Gasteiger partial charge is 0.283 e. The molecule has 0 bridgehead atoms. The Morgan fingerprint density at radius 3 is 2.44 bits per heavy atom. The number of anilines is 1. The summed E-state index contributed by atoms with van der Waals surface area (Å²) < 4.78 is 53.6. The van der Waals surface area contributed by atoms with Crippen molar-refractivity contribution in [1.82, 2.24) is 4.31 Å². The molecule has 0 atom stereocenters. The van der Waals surface area contributed by atoms with E-state index in [1.807, 2.05) is 19.1 Å². The van der Waals surface area contributed by atoms with E-state index in [2.05, 4.69) is 4.72 Å². The van der Waals surface area contributed by atoms with E-state index in [9.17, 15) is 16.8 Å². The molecule has 0 radical (unpaired) electrons. The number of nitrogens with one attached hydrogen (secondary N) is 1. The van der Waals surface area contributed by atoms with Gasteiger partial charge in [0, 0.05) is 18.8 Å². The van der Waals surface area contributed by atoms with Crippen LogP contribution in [0.1, 0.15) is 30.0 Å². The summed E-state index contributed by atoms with van der Waals surface area (Å²) in [6.07, 6.45) is 1.21. The second kappa shape index (κ2) is 8.00. The normalized spacial score (nSPS) is 15.3. The van der Waals surface area contributed by atoms with E-state index in [4.69, 9.17) is 0 Å². The van der Waals surface area contributed by atoms with Crippen LogP contribution in [0.5, 0.6) is 0 Å². The number of nitrogens with zero attached hydrogens (tertiary/aromatic N) is 1. The van der Waals surface area contributed by atoms with Gasteiger partial charge >= 0.3 is 0 Å². The summed E-state index contributed by atoms with van der Waals surface area (Å²) in [6.45, 7) is 2.59. The smallest absolute Gasteiger partial charge is 0.236 e. The number of sulfonamides is 2. The van der Waals surface area contributed by atoms with Gasteiger partial charge in [0.1, 0.15) is 0 Å². The maximum atomic E-state index is 12.4. The summed E-state index contributed by atoms with van der Waals surface area (Å²) in [5, 5.41) is 0. The molecule has 6 nitrogen and oxygen atoms in total. The lowest BCUT2D eigenvalue weighted by Gasteiger charge is -2.28. The van der Waals surface area contributed by atoms with Crippen LogP contribution in [0.2, 0.25) is 0 Å². The van der Waals surface area contributed by atoms with Gasteiger partial charge in [-0.15, -0.1) is 0 Å². The first-order valence-corrected chi connectivity index (χ1v) is 12.2. The van der Waals surface area contributed by atoms with E-state index in [1.54, 1.807) is 36.4 Å². The second-order valence-electron chi connectivity index (χ2n) is 6.73. The fraction of sp³-hybridized carbons (Fsp3) is 0.368. The van der Waals surface area contributed by atoms with Crippen molar-refractivity contribution in [2.75, 3.05) is 17.0 Å². The highest BCUT2D eigenvalue weighted by atomic mass is 32.2. The van der Waals surface area contributed by atoms with Gasteiger partial charge in [0.2, 0.25) is 20.0 Å². The molecule has 0 unspecified atom stereocenters. The molecule has 2 aromatic rings. The van der Waals surface area contributed by atoms with Crippen molar-refractivity contribution >= 4 is 25.7 Å². The topological polar surface area (TPSA) is 83.6 Å². The first kappa shape index (κ1) is 19.9. The van der Waals surface area contributed by atoms with Gasteiger partial charge in [0.25, 0.3) is 0 Å². The first-order chi connectivity index (χ1) is 12.8. The van der Waals surface area contributed by atoms with Crippen LogP contribution in [0.3, 0.4) is 0 Å². The summed E-state index contributed by atoms with van der Waals surface area (Å²) in [5.41, 5.74) is 3.07. The molecule has 0 fully saturated rings. The Balaban J connectivity index is 1.76. The van der Waals surface area contributed by atoms with Crippen LogP contribution in [-0.2, 0) is 38.8 Å². The van der Waals surface area contributed by atoms with E-state index >= 15 is 0 Å². The predicted molar refractivity (Wildman–Crippen MR) is 107 cm³/mol. The van der Waals surface area contributed by atoms with Crippen LogP contribution in [-0.4, -0.2) is 33.4 Å². The van der Waals surface area contributed by atoms with Gasteiger partial charge in [-0.05, 0) is 41.7 Å². The molecule has 3 rings (SSSR count). The fourth-order valence-electron chi connectivity index (χ4n) is 3.23. The molecular formula is C19H24N2O4S2. The summed E-state index contributed by atoms with van der Waals surface area (Å²) >= 11 is 0. The number of benzene rings is 2. The molecule has 0 saturated heterocycles. The zero-order valence-electron chi connectivity index (χ0n) is 15.3. The van der Waals surface area contributed by atoms with Gasteiger partial charge < -0.3 is 0 Å². The van der Waals surface area contributed by atoms with Crippen molar-refractivity contribution < 1.29 is 16.8 Å². The molecule has 27 heavy (non-hydrogen) atoms. The number of hydrogen-bond donors (Lipinski definition) is 1. The standard InChI is InChI=1S/C19H24N2O4S2/c1-2-12-27(24,25)21-11-10-17-8-9-19(13-18(17)14-21)20-26(22,23)15-16-6-4-3-5-7-16/h3-9,13,20H,2,10-12,14-15H2,1H3. The summed E-state index contributed by atoms with van der Waals surface area (Å²) in [5.74, 6) is 0.0215. The van der Waals surface area contributed by atoms with E-state index in [1.165, 1.54) is 4.31 Å². The zero-order chi connectivity index (χ0) is 19.5. The molecule has 0 saturated carbocycles. The van der Waals surface area contributed by atoms with Gasteiger partial charge in [0.15, 0.2) is 0 Å². The average Bonchev–Trinajstić information content (AvgIpc) is 2.61. The van der Waals surface area contributed by atoms with Gasteiger partial charge in [-0.1, -0.05) is 43.3 Å². The van der Waals surface area contributed by atoms with Crippen LogP contribution in [0.15, 0.2) is 48.5 Å². The van der Waals surface area contributed by atoms with Gasteiger partial charge in [-0.2, -0.15) is 4.31 Å². The summed E-state index contributed by atoms with van der Waals surface area (Å²) in [4.78, 5) is 0. The quantitative estimate of drug-likeness (QED) is 0.764. The summed E-state index contributed by atoms with van der Waals surface area (Å²) in [7, 11) is -6.82. The number of fused-ring (bicyclic) bond motifs is 1. The Bertz CT molecular complexity index is 1000. The fourth-order valence-corrected chi connectivity index (χ4v) is 5.90. The SMILES string of the molecule is CCCS(=O)(=O)N1CCc2ccc(NS(=O)(=O)Cc3ccccc3)cc2C1. The first-order valence-electron chi connectivity index (χ1n) is 8.93. The minimum atomic E-state index is -3.55. The van der Waals surface area contributed by atoms with E-state index in [-0.39, 0.29) is 18.1 Å². The number of hydrogen-bond acceptors (Lipinski definition) is 4. The van der Waals surface area contributed by atoms with Crippen molar-refractivity contribution in [2.45, 2.75) is 32.1 Å². The van der Waals surface area contributed by atoms with Crippen LogP contribution < -0.4 is 4.72 Å². The third-order valence-electron chi connectivity index (χ3n) is 4.51. The highest BCUT2D eigenvalue weighted by Crippen LogP contribution is 2.25. The Morgan fingerprint density at radius 2 is 1.74 bits per heavy atom. The monoisotopic (exact) mass is 408 g/mol. The van der Waals surface area contributed by atoms with Gasteiger partial charge in [-0.3, -0.25) is 4.72 Å². The third kappa shape index (κ3) is 5.09.